The van der Waals surface area contributed by atoms with E-state index in [1.807, 2.05) is 12.1 Å². The van der Waals surface area contributed by atoms with E-state index < -0.39 is 0 Å². The number of aryl methyl sites for hydroxylation is 1. The maximum atomic E-state index is 9.89. The molecule has 0 unspecified atom stereocenters. The molecule has 5 rings (SSSR count). The second-order valence-electron chi connectivity index (χ2n) is 8.95. The molecular weight excluding hydrogens is 424 g/mol. The molecule has 1 aliphatic carbocycles. The number of aromatic nitrogens is 2. The van der Waals surface area contributed by atoms with E-state index >= 15 is 0 Å². The maximum absolute atomic E-state index is 9.89. The van der Waals surface area contributed by atoms with Crippen LogP contribution < -0.4 is 4.74 Å². The fourth-order valence-corrected chi connectivity index (χ4v) is 5.21. The van der Waals surface area contributed by atoms with Crippen LogP contribution >= 0.6 is 11.3 Å². The highest BCUT2D eigenvalue weighted by atomic mass is 32.1. The van der Waals surface area contributed by atoms with E-state index in [2.05, 4.69) is 21.1 Å². The van der Waals surface area contributed by atoms with Crippen molar-refractivity contribution in [3.63, 3.8) is 0 Å². The van der Waals surface area contributed by atoms with Gasteiger partial charge in [-0.25, -0.2) is 4.98 Å². The van der Waals surface area contributed by atoms with Crippen LogP contribution in [-0.2, 0) is 19.6 Å². The van der Waals surface area contributed by atoms with Crippen molar-refractivity contribution in [3.8, 4) is 11.8 Å². The summed E-state index contributed by atoms with van der Waals surface area (Å²) in [6, 6.07) is 6.13. The quantitative estimate of drug-likeness (QED) is 0.518. The van der Waals surface area contributed by atoms with Crippen molar-refractivity contribution in [1.82, 2.24) is 15.0 Å². The molecule has 3 aromatic rings. The molecule has 1 saturated carbocycles. The van der Waals surface area contributed by atoms with E-state index in [1.165, 1.54) is 24.2 Å². The third kappa shape index (κ3) is 4.80. The Labute approximate surface area is 191 Å². The summed E-state index contributed by atoms with van der Waals surface area (Å²) in [5.41, 5.74) is 2.33. The molecule has 0 bridgehead atoms. The summed E-state index contributed by atoms with van der Waals surface area (Å²) >= 11 is 1.49. The van der Waals surface area contributed by atoms with Crippen LogP contribution in [0.3, 0.4) is 0 Å². The number of piperidine rings is 1. The van der Waals surface area contributed by atoms with E-state index in [9.17, 15) is 5.11 Å². The van der Waals surface area contributed by atoms with Crippen molar-refractivity contribution in [1.29, 1.82) is 5.26 Å². The highest BCUT2D eigenvalue weighted by Gasteiger charge is 2.24. The van der Waals surface area contributed by atoms with Gasteiger partial charge < -0.3 is 14.4 Å². The molecule has 3 heterocycles. The predicted octanol–water partition coefficient (Wildman–Crippen LogP) is 4.28. The Morgan fingerprint density at radius 3 is 2.78 bits per heavy atom. The summed E-state index contributed by atoms with van der Waals surface area (Å²) in [5.74, 6) is 2.04. The van der Waals surface area contributed by atoms with Crippen molar-refractivity contribution in [2.45, 2.75) is 51.7 Å². The zero-order chi connectivity index (χ0) is 21.9. The van der Waals surface area contributed by atoms with Gasteiger partial charge in [-0.2, -0.15) is 5.26 Å². The van der Waals surface area contributed by atoms with Crippen molar-refractivity contribution in [2.24, 2.45) is 11.8 Å². The standard InChI is InChI=1S/C24H28N4O3S/c25-11-18-12-26-23(32-18)13-28-9-7-16(8-10-28)3-5-21-19-4-6-22(30-15-17-1-2-17)20(14-29)24(19)31-27-21/h4,6,12,16-17,29H,1-3,5,7-10,13-15H2. The van der Waals surface area contributed by atoms with Gasteiger partial charge in [0.25, 0.3) is 0 Å². The number of hydrogen-bond acceptors (Lipinski definition) is 8. The zero-order valence-corrected chi connectivity index (χ0v) is 18.9. The molecule has 2 aromatic heterocycles. The largest absolute Gasteiger partial charge is 0.493 e. The molecule has 1 N–H and O–H groups in total. The van der Waals surface area contributed by atoms with Crippen LogP contribution in [0.5, 0.6) is 5.75 Å². The molecule has 2 aliphatic rings. The van der Waals surface area contributed by atoms with Crippen LogP contribution in [0, 0.1) is 23.2 Å². The van der Waals surface area contributed by atoms with Gasteiger partial charge in [0, 0.05) is 5.39 Å². The zero-order valence-electron chi connectivity index (χ0n) is 18.1. The van der Waals surface area contributed by atoms with E-state index in [0.29, 0.717) is 40.2 Å². The highest BCUT2D eigenvalue weighted by Crippen LogP contribution is 2.34. The molecule has 0 radical (unpaired) electrons. The third-order valence-electron chi connectivity index (χ3n) is 6.62. The molecule has 0 amide bonds. The van der Waals surface area contributed by atoms with Crippen molar-refractivity contribution >= 4 is 22.3 Å². The second kappa shape index (κ2) is 9.57. The average molecular weight is 453 g/mol. The summed E-state index contributed by atoms with van der Waals surface area (Å²) in [5, 5.41) is 25.2. The minimum absolute atomic E-state index is 0.112. The summed E-state index contributed by atoms with van der Waals surface area (Å²) in [6.45, 7) is 3.55. The molecule has 8 heteroatoms. The number of aliphatic hydroxyl groups is 1. The second-order valence-corrected chi connectivity index (χ2v) is 10.1. The Kier molecular flexibility index (Phi) is 6.39. The number of hydrogen-bond donors (Lipinski definition) is 1. The smallest absolute Gasteiger partial charge is 0.176 e. The first-order valence-corrected chi connectivity index (χ1v) is 12.3. The number of ether oxygens (including phenoxy) is 1. The van der Waals surface area contributed by atoms with Crippen LogP contribution in [0.15, 0.2) is 22.9 Å². The van der Waals surface area contributed by atoms with E-state index in [0.717, 1.165) is 61.4 Å². The first-order chi connectivity index (χ1) is 15.7. The van der Waals surface area contributed by atoms with Gasteiger partial charge in [0.05, 0.1) is 37.2 Å². The molecule has 168 valence electrons. The van der Waals surface area contributed by atoms with Gasteiger partial charge in [0.15, 0.2) is 5.58 Å². The number of benzene rings is 1. The van der Waals surface area contributed by atoms with Crippen molar-refractivity contribution in [3.05, 3.63) is 39.5 Å². The lowest BCUT2D eigenvalue weighted by Crippen LogP contribution is -2.33. The van der Waals surface area contributed by atoms with Gasteiger partial charge in [-0.05, 0) is 75.6 Å². The summed E-state index contributed by atoms with van der Waals surface area (Å²) in [7, 11) is 0. The molecular formula is C24H28N4O3S. The number of aliphatic hydroxyl groups excluding tert-OH is 1. The number of fused-ring (bicyclic) bond motifs is 1. The lowest BCUT2D eigenvalue weighted by molar-refractivity contribution is 0.172. The Bertz CT molecular complexity index is 1110. The van der Waals surface area contributed by atoms with Crippen LogP contribution in [0.1, 0.15) is 53.2 Å². The maximum Gasteiger partial charge on any atom is 0.176 e. The van der Waals surface area contributed by atoms with Gasteiger partial charge in [-0.15, -0.1) is 11.3 Å². The molecule has 2 fully saturated rings. The number of rotatable bonds is 9. The van der Waals surface area contributed by atoms with Gasteiger partial charge in [-0.3, -0.25) is 4.90 Å². The Morgan fingerprint density at radius 2 is 2.06 bits per heavy atom. The van der Waals surface area contributed by atoms with Crippen molar-refractivity contribution < 1.29 is 14.4 Å². The highest BCUT2D eigenvalue weighted by molar-refractivity contribution is 7.12. The number of thiazole rings is 1. The summed E-state index contributed by atoms with van der Waals surface area (Å²) in [4.78, 5) is 7.46. The fraction of sp³-hybridized carbons (Fsp3) is 0.542. The lowest BCUT2D eigenvalue weighted by atomic mass is 9.91. The van der Waals surface area contributed by atoms with E-state index in [4.69, 9.17) is 14.5 Å². The first kappa shape index (κ1) is 21.4. The van der Waals surface area contributed by atoms with Crippen molar-refractivity contribution in [2.75, 3.05) is 19.7 Å². The van der Waals surface area contributed by atoms with Gasteiger partial charge in [0.1, 0.15) is 21.7 Å². The SMILES string of the molecule is N#Cc1cnc(CN2CCC(CCc3noc4c(CO)c(OCC5CC5)ccc34)CC2)s1. The molecule has 1 aromatic carbocycles. The minimum atomic E-state index is -0.112. The van der Waals surface area contributed by atoms with Crippen LogP contribution in [0.4, 0.5) is 0 Å². The number of likely N-dealkylation sites (tertiary alicyclic amines) is 1. The molecule has 7 nitrogen and oxygen atoms in total. The topological polar surface area (TPSA) is 95.4 Å². The summed E-state index contributed by atoms with van der Waals surface area (Å²) in [6.07, 6.45) is 8.41. The summed E-state index contributed by atoms with van der Waals surface area (Å²) < 4.78 is 11.6. The van der Waals surface area contributed by atoms with Gasteiger partial charge in [-0.1, -0.05) is 5.16 Å². The molecule has 1 saturated heterocycles. The molecule has 0 spiro atoms. The fourth-order valence-electron chi connectivity index (χ4n) is 4.45. The molecule has 1 aliphatic heterocycles. The predicted molar refractivity (Wildman–Crippen MR) is 121 cm³/mol. The third-order valence-corrected chi connectivity index (χ3v) is 7.51. The Morgan fingerprint density at radius 1 is 1.22 bits per heavy atom. The number of nitriles is 1. The Hall–Kier alpha value is -2.47. The van der Waals surface area contributed by atoms with Crippen LogP contribution in [0.25, 0.3) is 11.0 Å². The van der Waals surface area contributed by atoms with E-state index in [1.54, 1.807) is 6.20 Å². The van der Waals surface area contributed by atoms with E-state index in [-0.39, 0.29) is 6.61 Å². The molecule has 0 atom stereocenters. The Balaban J connectivity index is 1.15. The normalized spacial score (nSPS) is 17.6. The monoisotopic (exact) mass is 452 g/mol. The van der Waals surface area contributed by atoms with Gasteiger partial charge >= 0.3 is 0 Å². The van der Waals surface area contributed by atoms with Crippen LogP contribution in [-0.4, -0.2) is 39.8 Å². The van der Waals surface area contributed by atoms with Crippen LogP contribution in [0.2, 0.25) is 0 Å². The lowest BCUT2D eigenvalue weighted by Gasteiger charge is -2.31. The molecule has 32 heavy (non-hydrogen) atoms. The van der Waals surface area contributed by atoms with Gasteiger partial charge in [0.2, 0.25) is 0 Å². The average Bonchev–Trinajstić information content (AvgIpc) is 3.39. The minimum Gasteiger partial charge on any atom is -0.493 e. The number of nitrogens with zero attached hydrogens (tertiary/aromatic N) is 4. The first-order valence-electron chi connectivity index (χ1n) is 11.4.